The summed E-state index contributed by atoms with van der Waals surface area (Å²) in [4.78, 5) is 11.9. The van der Waals surface area contributed by atoms with E-state index in [1.54, 1.807) is 18.2 Å². The minimum atomic E-state index is -0.553. The molecule has 0 fully saturated rings. The van der Waals surface area contributed by atoms with Gasteiger partial charge in [-0.2, -0.15) is 5.26 Å². The molecule has 0 aliphatic rings. The van der Waals surface area contributed by atoms with Gasteiger partial charge in [0, 0.05) is 14.5 Å². The van der Waals surface area contributed by atoms with Gasteiger partial charge in [-0.1, -0.05) is 38.8 Å². The van der Waals surface area contributed by atoms with Crippen LogP contribution in [0.1, 0.15) is 23.7 Å². The smallest absolute Gasteiger partial charge is 0.181 e. The molecule has 0 bridgehead atoms. The lowest BCUT2D eigenvalue weighted by Crippen LogP contribution is -2.12. The van der Waals surface area contributed by atoms with Crippen molar-refractivity contribution in [1.82, 2.24) is 0 Å². The van der Waals surface area contributed by atoms with E-state index in [2.05, 4.69) is 31.9 Å². The van der Waals surface area contributed by atoms with Crippen LogP contribution >= 0.6 is 31.9 Å². The van der Waals surface area contributed by atoms with E-state index >= 15 is 0 Å². The summed E-state index contributed by atoms with van der Waals surface area (Å²) in [5.41, 5.74) is 0.562. The minimum absolute atomic E-state index is 0.126. The average Bonchev–Trinajstić information content (AvgIpc) is 2.19. The Morgan fingerprint density at radius 3 is 2.67 bits per heavy atom. The Balaban J connectivity index is 3.07. The Bertz CT molecular complexity index is 423. The van der Waals surface area contributed by atoms with Gasteiger partial charge in [0.05, 0.1) is 6.07 Å². The number of rotatable bonds is 3. The fourth-order valence-corrected chi connectivity index (χ4v) is 2.45. The molecule has 0 saturated carbocycles. The lowest BCUT2D eigenvalue weighted by atomic mass is 9.97. The van der Waals surface area contributed by atoms with Crippen LogP contribution in [-0.2, 0) is 0 Å². The minimum Gasteiger partial charge on any atom is -0.293 e. The molecular weight excluding hydrogens is 322 g/mol. The van der Waals surface area contributed by atoms with E-state index in [4.69, 9.17) is 5.26 Å². The molecule has 2 nitrogen and oxygen atoms in total. The number of hydrogen-bond acceptors (Lipinski definition) is 2. The van der Waals surface area contributed by atoms with E-state index in [1.165, 1.54) is 0 Å². The van der Waals surface area contributed by atoms with Gasteiger partial charge in [-0.25, -0.2) is 0 Å². The molecule has 1 aromatic carbocycles. The number of hydrogen-bond donors (Lipinski definition) is 0. The maximum absolute atomic E-state index is 11.9. The third-order valence-corrected chi connectivity index (χ3v) is 3.23. The molecule has 0 spiro atoms. The van der Waals surface area contributed by atoms with Gasteiger partial charge >= 0.3 is 0 Å². The maximum Gasteiger partial charge on any atom is 0.181 e. The SMILES string of the molecule is CCC(C#N)C(=O)c1ccc(Br)cc1Br. The molecule has 4 heteroatoms. The third-order valence-electron chi connectivity index (χ3n) is 2.08. The molecule has 15 heavy (non-hydrogen) atoms. The van der Waals surface area contributed by atoms with Crippen LogP contribution in [0.25, 0.3) is 0 Å². The van der Waals surface area contributed by atoms with Crippen LogP contribution in [0.3, 0.4) is 0 Å². The van der Waals surface area contributed by atoms with Gasteiger partial charge in [0.15, 0.2) is 5.78 Å². The first-order valence-corrected chi connectivity index (χ1v) is 6.07. The average molecular weight is 331 g/mol. The molecule has 0 aliphatic heterocycles. The first-order chi connectivity index (χ1) is 7.10. The second kappa shape index (κ2) is 5.43. The first-order valence-electron chi connectivity index (χ1n) is 4.49. The Labute approximate surface area is 106 Å². The molecule has 1 rings (SSSR count). The highest BCUT2D eigenvalue weighted by Gasteiger charge is 2.19. The molecule has 1 unspecified atom stereocenters. The van der Waals surface area contributed by atoms with E-state index in [9.17, 15) is 4.79 Å². The summed E-state index contributed by atoms with van der Waals surface area (Å²) < 4.78 is 1.62. The highest BCUT2D eigenvalue weighted by molar-refractivity contribution is 9.11. The van der Waals surface area contributed by atoms with Crippen molar-refractivity contribution in [3.05, 3.63) is 32.7 Å². The topological polar surface area (TPSA) is 40.9 Å². The van der Waals surface area contributed by atoms with E-state index in [0.29, 0.717) is 12.0 Å². The molecule has 0 radical (unpaired) electrons. The molecule has 0 aliphatic carbocycles. The molecule has 0 N–H and O–H groups in total. The Morgan fingerprint density at radius 1 is 1.53 bits per heavy atom. The number of carbonyl (C=O) groups is 1. The summed E-state index contributed by atoms with van der Waals surface area (Å²) in [5.74, 6) is -0.679. The molecular formula is C11H9Br2NO. The zero-order valence-corrected chi connectivity index (χ0v) is 11.3. The molecule has 0 heterocycles. The standard InChI is InChI=1S/C11H9Br2NO/c1-2-7(6-14)11(15)9-4-3-8(12)5-10(9)13/h3-5,7H,2H2,1H3. The van der Waals surface area contributed by atoms with Gasteiger partial charge in [0.25, 0.3) is 0 Å². The van der Waals surface area contributed by atoms with Gasteiger partial charge in [-0.05, 0) is 24.6 Å². The zero-order valence-electron chi connectivity index (χ0n) is 8.13. The Hall–Kier alpha value is -0.660. The van der Waals surface area contributed by atoms with E-state index in [0.717, 1.165) is 8.95 Å². The van der Waals surface area contributed by atoms with E-state index < -0.39 is 5.92 Å². The van der Waals surface area contributed by atoms with Gasteiger partial charge in [-0.3, -0.25) is 4.79 Å². The largest absolute Gasteiger partial charge is 0.293 e. The zero-order chi connectivity index (χ0) is 11.4. The van der Waals surface area contributed by atoms with Crippen molar-refractivity contribution in [3.63, 3.8) is 0 Å². The predicted molar refractivity (Wildman–Crippen MR) is 65.6 cm³/mol. The van der Waals surface area contributed by atoms with Crippen molar-refractivity contribution in [2.45, 2.75) is 13.3 Å². The monoisotopic (exact) mass is 329 g/mol. The summed E-state index contributed by atoms with van der Waals surface area (Å²) in [7, 11) is 0. The van der Waals surface area contributed by atoms with Crippen molar-refractivity contribution < 1.29 is 4.79 Å². The summed E-state index contributed by atoms with van der Waals surface area (Å²) in [5, 5.41) is 8.81. The normalized spacial score (nSPS) is 11.9. The molecule has 1 atom stereocenters. The van der Waals surface area contributed by atoms with Gasteiger partial charge in [0.1, 0.15) is 5.92 Å². The van der Waals surface area contributed by atoms with Crippen molar-refractivity contribution in [2.75, 3.05) is 0 Å². The fraction of sp³-hybridized carbons (Fsp3) is 0.273. The highest BCUT2D eigenvalue weighted by Crippen LogP contribution is 2.24. The number of nitriles is 1. The van der Waals surface area contributed by atoms with Crippen molar-refractivity contribution in [1.29, 1.82) is 5.26 Å². The molecule has 1 aromatic rings. The fourth-order valence-electron chi connectivity index (χ4n) is 1.21. The first kappa shape index (κ1) is 12.4. The second-order valence-corrected chi connectivity index (χ2v) is 4.85. The molecule has 78 valence electrons. The molecule has 0 aromatic heterocycles. The number of carbonyl (C=O) groups excluding carboxylic acids is 1. The van der Waals surface area contributed by atoms with Crippen LogP contribution in [0.4, 0.5) is 0 Å². The number of benzene rings is 1. The summed E-state index contributed by atoms with van der Waals surface area (Å²) in [6, 6.07) is 7.33. The van der Waals surface area contributed by atoms with Crippen LogP contribution in [0.2, 0.25) is 0 Å². The summed E-state index contributed by atoms with van der Waals surface area (Å²) in [6.07, 6.45) is 0.540. The molecule has 0 saturated heterocycles. The van der Waals surface area contributed by atoms with Crippen LogP contribution < -0.4 is 0 Å². The van der Waals surface area contributed by atoms with Crippen molar-refractivity contribution in [2.24, 2.45) is 5.92 Å². The van der Waals surface area contributed by atoms with Crippen LogP contribution in [0.5, 0.6) is 0 Å². The van der Waals surface area contributed by atoms with E-state index in [1.807, 2.05) is 13.0 Å². The van der Waals surface area contributed by atoms with Crippen LogP contribution in [0, 0.1) is 17.2 Å². The number of halogens is 2. The van der Waals surface area contributed by atoms with Crippen LogP contribution in [0.15, 0.2) is 27.1 Å². The van der Waals surface area contributed by atoms with Crippen LogP contribution in [-0.4, -0.2) is 5.78 Å². The van der Waals surface area contributed by atoms with Crippen molar-refractivity contribution in [3.8, 4) is 6.07 Å². The van der Waals surface area contributed by atoms with Gasteiger partial charge < -0.3 is 0 Å². The number of ketones is 1. The van der Waals surface area contributed by atoms with E-state index in [-0.39, 0.29) is 5.78 Å². The lowest BCUT2D eigenvalue weighted by Gasteiger charge is -2.07. The maximum atomic E-state index is 11.9. The Kier molecular flexibility index (Phi) is 4.49. The number of nitrogens with zero attached hydrogens (tertiary/aromatic N) is 1. The molecule has 0 amide bonds. The summed E-state index contributed by atoms with van der Waals surface area (Å²) in [6.45, 7) is 1.83. The predicted octanol–water partition coefficient (Wildman–Crippen LogP) is 3.94. The van der Waals surface area contributed by atoms with Crippen molar-refractivity contribution >= 4 is 37.6 Å². The Morgan fingerprint density at radius 2 is 2.20 bits per heavy atom. The van der Waals surface area contributed by atoms with Gasteiger partial charge in [-0.15, -0.1) is 0 Å². The lowest BCUT2D eigenvalue weighted by molar-refractivity contribution is 0.0946. The number of Topliss-reactive ketones (excluding diaryl/α,β-unsaturated/α-hetero) is 1. The quantitative estimate of drug-likeness (QED) is 0.787. The highest BCUT2D eigenvalue weighted by atomic mass is 79.9. The second-order valence-electron chi connectivity index (χ2n) is 3.08. The summed E-state index contributed by atoms with van der Waals surface area (Å²) >= 11 is 6.62. The third kappa shape index (κ3) is 2.90. The van der Waals surface area contributed by atoms with Gasteiger partial charge in [0.2, 0.25) is 0 Å².